The van der Waals surface area contributed by atoms with Gasteiger partial charge >= 0.3 is 0 Å². The molecule has 0 amide bonds. The van der Waals surface area contributed by atoms with Crippen LogP contribution in [0.4, 0.5) is 4.39 Å². The van der Waals surface area contributed by atoms with Crippen LogP contribution in [-0.2, 0) is 6.54 Å². The molecule has 144 valence electrons. The number of halogens is 2. The van der Waals surface area contributed by atoms with Gasteiger partial charge in [-0.1, -0.05) is 13.0 Å². The Labute approximate surface area is 179 Å². The molecule has 0 saturated heterocycles. The van der Waals surface area contributed by atoms with Gasteiger partial charge in [0, 0.05) is 32.5 Å². The minimum Gasteiger partial charge on any atom is -0.356 e. The molecule has 0 aliphatic rings. The molecule has 0 spiro atoms. The Morgan fingerprint density at radius 1 is 1.33 bits per heavy atom. The van der Waals surface area contributed by atoms with Gasteiger partial charge in [0.05, 0.1) is 12.0 Å². The molecule has 0 bridgehead atoms. The summed E-state index contributed by atoms with van der Waals surface area (Å²) < 4.78 is 16.0. The summed E-state index contributed by atoms with van der Waals surface area (Å²) in [5, 5.41) is 10.8. The van der Waals surface area contributed by atoms with Gasteiger partial charge in [-0.25, -0.2) is 9.37 Å². The molecule has 8 heteroatoms. The van der Waals surface area contributed by atoms with Crippen molar-refractivity contribution in [2.75, 3.05) is 13.6 Å². The van der Waals surface area contributed by atoms with Gasteiger partial charge < -0.3 is 15.2 Å². The number of hydrogen-bond acceptors (Lipinski definition) is 3. The maximum absolute atomic E-state index is 14.3. The molecule has 0 aliphatic heterocycles. The molecule has 1 unspecified atom stereocenters. The normalized spacial score (nSPS) is 12.3. The van der Waals surface area contributed by atoms with Crippen molar-refractivity contribution in [3.8, 4) is 5.69 Å². The lowest BCUT2D eigenvalue weighted by Crippen LogP contribution is -2.38. The highest BCUT2D eigenvalue weighted by molar-refractivity contribution is 14.0. The summed E-state index contributed by atoms with van der Waals surface area (Å²) in [4.78, 5) is 8.17. The minimum absolute atomic E-state index is 0. The van der Waals surface area contributed by atoms with Gasteiger partial charge in [0.1, 0.15) is 5.82 Å². The first kappa shape index (κ1) is 21.4. The van der Waals surface area contributed by atoms with E-state index in [1.807, 2.05) is 6.07 Å². The first-order valence-corrected chi connectivity index (χ1v) is 9.35. The molecular weight excluding hydrogens is 476 g/mol. The van der Waals surface area contributed by atoms with Crippen molar-refractivity contribution in [3.05, 3.63) is 70.7 Å². The van der Waals surface area contributed by atoms with Gasteiger partial charge in [-0.3, -0.25) is 4.99 Å². The van der Waals surface area contributed by atoms with E-state index in [-0.39, 0.29) is 29.8 Å². The summed E-state index contributed by atoms with van der Waals surface area (Å²) in [6, 6.07) is 7.32. The molecule has 1 atom stereocenters. The molecule has 3 aromatic rings. The summed E-state index contributed by atoms with van der Waals surface area (Å²) in [6.45, 7) is 3.45. The minimum atomic E-state index is -0.281. The number of rotatable bonds is 6. The van der Waals surface area contributed by atoms with E-state index in [1.165, 1.54) is 11.6 Å². The predicted octanol–water partition coefficient (Wildman–Crippen LogP) is 4.16. The first-order chi connectivity index (χ1) is 12.7. The van der Waals surface area contributed by atoms with E-state index in [0.29, 0.717) is 24.1 Å². The lowest BCUT2D eigenvalue weighted by atomic mass is 10.1. The average Bonchev–Trinajstić information content (AvgIpc) is 3.35. The molecule has 2 heterocycles. The van der Waals surface area contributed by atoms with Crippen LogP contribution in [0.5, 0.6) is 0 Å². The molecular formula is C19H23FIN5S. The second-order valence-electron chi connectivity index (χ2n) is 6.02. The largest absolute Gasteiger partial charge is 0.356 e. The zero-order valence-corrected chi connectivity index (χ0v) is 18.4. The monoisotopic (exact) mass is 499 g/mol. The quantitative estimate of drug-likeness (QED) is 0.304. The van der Waals surface area contributed by atoms with Crippen molar-refractivity contribution in [1.82, 2.24) is 20.2 Å². The van der Waals surface area contributed by atoms with E-state index in [1.54, 1.807) is 47.7 Å². The van der Waals surface area contributed by atoms with Crippen LogP contribution in [0.15, 0.2) is 58.7 Å². The highest BCUT2D eigenvalue weighted by Crippen LogP contribution is 2.17. The van der Waals surface area contributed by atoms with Crippen LogP contribution in [-0.4, -0.2) is 29.1 Å². The average molecular weight is 499 g/mol. The smallest absolute Gasteiger partial charge is 0.191 e. The summed E-state index contributed by atoms with van der Waals surface area (Å²) >= 11 is 1.70. The molecule has 0 radical (unpaired) electrons. The van der Waals surface area contributed by atoms with E-state index in [2.05, 4.69) is 44.4 Å². The number of aromatic nitrogens is 2. The van der Waals surface area contributed by atoms with Crippen molar-refractivity contribution in [2.45, 2.75) is 19.4 Å². The Balaban J connectivity index is 0.00000261. The highest BCUT2D eigenvalue weighted by Gasteiger charge is 2.08. The Hall–Kier alpha value is -1.94. The van der Waals surface area contributed by atoms with Crippen LogP contribution in [0.1, 0.15) is 24.0 Å². The standard InChI is InChI=1S/C19H22FN5S.HI/c1-14(16-5-8-26-12-16)10-23-19(21-2)24-11-15-3-4-18(17(20)9-15)25-7-6-22-13-25;/h3-9,12-14H,10-11H2,1-2H3,(H2,21,23,24);1H. The van der Waals surface area contributed by atoms with Crippen LogP contribution in [0.3, 0.4) is 0 Å². The summed E-state index contributed by atoms with van der Waals surface area (Å²) in [5.74, 6) is 0.814. The number of hydrogen-bond donors (Lipinski definition) is 2. The molecule has 0 fully saturated rings. The fourth-order valence-corrected chi connectivity index (χ4v) is 3.38. The van der Waals surface area contributed by atoms with Crippen molar-refractivity contribution >= 4 is 41.3 Å². The molecule has 0 saturated carbocycles. The lowest BCUT2D eigenvalue weighted by Gasteiger charge is -2.16. The van der Waals surface area contributed by atoms with E-state index in [9.17, 15) is 4.39 Å². The van der Waals surface area contributed by atoms with Crippen molar-refractivity contribution < 1.29 is 4.39 Å². The third-order valence-electron chi connectivity index (χ3n) is 4.17. The van der Waals surface area contributed by atoms with Gasteiger partial charge in [0.25, 0.3) is 0 Å². The summed E-state index contributed by atoms with van der Waals surface area (Å²) in [5.41, 5.74) is 2.65. The molecule has 1 aromatic carbocycles. The van der Waals surface area contributed by atoms with Gasteiger partial charge in [-0.2, -0.15) is 11.3 Å². The lowest BCUT2D eigenvalue weighted by molar-refractivity contribution is 0.614. The maximum Gasteiger partial charge on any atom is 0.191 e. The SMILES string of the molecule is CN=C(NCc1ccc(-n2ccnc2)c(F)c1)NCC(C)c1ccsc1.I. The molecule has 2 N–H and O–H groups in total. The van der Waals surface area contributed by atoms with E-state index >= 15 is 0 Å². The van der Waals surface area contributed by atoms with Crippen LogP contribution in [0, 0.1) is 5.82 Å². The number of thiophene rings is 1. The van der Waals surface area contributed by atoms with Crippen LogP contribution in [0.25, 0.3) is 5.69 Å². The number of aliphatic imine (C=N–C) groups is 1. The van der Waals surface area contributed by atoms with Crippen LogP contribution < -0.4 is 10.6 Å². The summed E-state index contributed by atoms with van der Waals surface area (Å²) in [6.07, 6.45) is 4.93. The molecule has 2 aromatic heterocycles. The fourth-order valence-electron chi connectivity index (χ4n) is 2.60. The van der Waals surface area contributed by atoms with Gasteiger partial charge in [-0.05, 0) is 46.0 Å². The number of nitrogens with one attached hydrogen (secondary N) is 2. The van der Waals surface area contributed by atoms with Gasteiger partial charge in [0.15, 0.2) is 5.96 Å². The van der Waals surface area contributed by atoms with Crippen LogP contribution >= 0.6 is 35.3 Å². The third-order valence-corrected chi connectivity index (χ3v) is 4.87. The number of benzene rings is 1. The molecule has 5 nitrogen and oxygen atoms in total. The van der Waals surface area contributed by atoms with Gasteiger partial charge in [-0.15, -0.1) is 24.0 Å². The Kier molecular flexibility index (Phi) is 8.23. The Bertz CT molecular complexity index is 849. The number of nitrogens with zero attached hydrogens (tertiary/aromatic N) is 3. The molecule has 27 heavy (non-hydrogen) atoms. The Morgan fingerprint density at radius 2 is 2.19 bits per heavy atom. The van der Waals surface area contributed by atoms with Crippen molar-refractivity contribution in [1.29, 1.82) is 0 Å². The third kappa shape index (κ3) is 5.77. The zero-order valence-electron chi connectivity index (χ0n) is 15.2. The Morgan fingerprint density at radius 3 is 2.81 bits per heavy atom. The first-order valence-electron chi connectivity index (χ1n) is 8.40. The van der Waals surface area contributed by atoms with E-state index in [0.717, 1.165) is 12.1 Å². The molecule has 0 aliphatic carbocycles. The molecule has 3 rings (SSSR count). The highest BCUT2D eigenvalue weighted by atomic mass is 127. The van der Waals surface area contributed by atoms with Gasteiger partial charge in [0.2, 0.25) is 0 Å². The maximum atomic E-state index is 14.3. The zero-order chi connectivity index (χ0) is 18.4. The van der Waals surface area contributed by atoms with E-state index in [4.69, 9.17) is 0 Å². The topological polar surface area (TPSA) is 54.2 Å². The predicted molar refractivity (Wildman–Crippen MR) is 120 cm³/mol. The van der Waals surface area contributed by atoms with Crippen molar-refractivity contribution in [2.24, 2.45) is 4.99 Å². The second-order valence-corrected chi connectivity index (χ2v) is 6.80. The number of guanidine groups is 1. The van der Waals surface area contributed by atoms with Crippen molar-refractivity contribution in [3.63, 3.8) is 0 Å². The van der Waals surface area contributed by atoms with E-state index < -0.39 is 0 Å². The van der Waals surface area contributed by atoms with Crippen LogP contribution in [0.2, 0.25) is 0 Å². The fraction of sp³-hybridized carbons (Fsp3) is 0.263. The second kappa shape index (κ2) is 10.4. The number of imidazole rings is 1. The summed E-state index contributed by atoms with van der Waals surface area (Å²) in [7, 11) is 1.73.